The summed E-state index contributed by atoms with van der Waals surface area (Å²) in [6, 6.07) is 14.6. The van der Waals surface area contributed by atoms with Gasteiger partial charge in [0.1, 0.15) is 0 Å². The van der Waals surface area contributed by atoms with Crippen LogP contribution in [0.2, 0.25) is 0 Å². The third-order valence-corrected chi connectivity index (χ3v) is 3.15. The van der Waals surface area contributed by atoms with Gasteiger partial charge in [-0.3, -0.25) is 0 Å². The molecule has 3 aromatic rings. The highest BCUT2D eigenvalue weighted by molar-refractivity contribution is 5.84. The smallest absolute Gasteiger partial charge is 0.0783 e. The third kappa shape index (κ3) is 2.35. The molecule has 4 heteroatoms. The van der Waals surface area contributed by atoms with E-state index in [0.717, 1.165) is 24.5 Å². The molecule has 0 saturated heterocycles. The van der Waals surface area contributed by atoms with Crippen LogP contribution < -0.4 is 5.32 Å². The van der Waals surface area contributed by atoms with Gasteiger partial charge in [0.2, 0.25) is 0 Å². The second-order valence-corrected chi connectivity index (χ2v) is 4.45. The molecule has 0 fully saturated rings. The standard InChI is InChI=1S/C15H16N4/c1-2-16-10-15-11-17-18-19(15)14-8-7-12-5-3-4-6-13(12)9-14/h3-9,11,16H,2,10H2,1H3. The number of aromatic nitrogens is 3. The maximum absolute atomic E-state index is 4.17. The highest BCUT2D eigenvalue weighted by Crippen LogP contribution is 2.18. The highest BCUT2D eigenvalue weighted by Gasteiger charge is 2.06. The van der Waals surface area contributed by atoms with Gasteiger partial charge in [0.05, 0.1) is 17.6 Å². The molecule has 0 aliphatic carbocycles. The molecular weight excluding hydrogens is 236 g/mol. The molecule has 0 unspecified atom stereocenters. The molecule has 2 aromatic carbocycles. The SMILES string of the molecule is CCNCc1cnnn1-c1ccc2ccccc2c1. The summed E-state index contributed by atoms with van der Waals surface area (Å²) in [6.45, 7) is 3.80. The van der Waals surface area contributed by atoms with Crippen LogP contribution in [0.3, 0.4) is 0 Å². The Labute approximate surface area is 112 Å². The van der Waals surface area contributed by atoms with E-state index in [1.54, 1.807) is 6.20 Å². The number of hydrogen-bond donors (Lipinski definition) is 1. The molecular formula is C15H16N4. The van der Waals surface area contributed by atoms with Gasteiger partial charge in [0.25, 0.3) is 0 Å². The minimum absolute atomic E-state index is 0.774. The average Bonchev–Trinajstić information content (AvgIpc) is 2.93. The molecule has 0 radical (unpaired) electrons. The monoisotopic (exact) mass is 252 g/mol. The van der Waals surface area contributed by atoms with Gasteiger partial charge in [0.15, 0.2) is 0 Å². The maximum Gasteiger partial charge on any atom is 0.0783 e. The first kappa shape index (κ1) is 11.9. The van der Waals surface area contributed by atoms with E-state index in [0.29, 0.717) is 0 Å². The molecule has 3 rings (SSSR count). The normalized spacial score (nSPS) is 11.0. The first-order valence-corrected chi connectivity index (χ1v) is 6.48. The van der Waals surface area contributed by atoms with E-state index in [1.165, 1.54) is 10.8 Å². The molecule has 0 aliphatic heterocycles. The summed E-state index contributed by atoms with van der Waals surface area (Å²) in [5.74, 6) is 0. The van der Waals surface area contributed by atoms with Gasteiger partial charge in [0, 0.05) is 6.54 Å². The van der Waals surface area contributed by atoms with Crippen molar-refractivity contribution in [3.63, 3.8) is 0 Å². The van der Waals surface area contributed by atoms with E-state index in [9.17, 15) is 0 Å². The van der Waals surface area contributed by atoms with Gasteiger partial charge in [-0.05, 0) is 29.4 Å². The summed E-state index contributed by atoms with van der Waals surface area (Å²) >= 11 is 0. The number of rotatable bonds is 4. The Morgan fingerprint density at radius 1 is 1.11 bits per heavy atom. The van der Waals surface area contributed by atoms with Crippen molar-refractivity contribution in [2.24, 2.45) is 0 Å². The van der Waals surface area contributed by atoms with Crippen LogP contribution in [0.5, 0.6) is 0 Å². The van der Waals surface area contributed by atoms with Crippen LogP contribution in [0.4, 0.5) is 0 Å². The van der Waals surface area contributed by atoms with E-state index < -0.39 is 0 Å². The Kier molecular flexibility index (Phi) is 3.25. The van der Waals surface area contributed by atoms with E-state index in [-0.39, 0.29) is 0 Å². The number of benzene rings is 2. The van der Waals surface area contributed by atoms with Crippen LogP contribution in [0.25, 0.3) is 16.5 Å². The lowest BCUT2D eigenvalue weighted by Crippen LogP contribution is -2.15. The fourth-order valence-electron chi connectivity index (χ4n) is 2.16. The zero-order chi connectivity index (χ0) is 13.1. The van der Waals surface area contributed by atoms with Gasteiger partial charge in [-0.25, -0.2) is 4.68 Å². The predicted octanol–water partition coefficient (Wildman–Crippen LogP) is 2.53. The number of nitrogens with zero attached hydrogens (tertiary/aromatic N) is 3. The number of hydrogen-bond acceptors (Lipinski definition) is 3. The molecule has 1 N–H and O–H groups in total. The Hall–Kier alpha value is -2.20. The lowest BCUT2D eigenvalue weighted by atomic mass is 10.1. The van der Waals surface area contributed by atoms with Crippen LogP contribution in [0, 0.1) is 0 Å². The fraction of sp³-hybridized carbons (Fsp3) is 0.200. The summed E-state index contributed by atoms with van der Waals surface area (Å²) < 4.78 is 1.88. The Bertz CT molecular complexity index is 687. The van der Waals surface area contributed by atoms with Crippen molar-refractivity contribution in [1.82, 2.24) is 20.3 Å². The first-order valence-electron chi connectivity index (χ1n) is 6.48. The second kappa shape index (κ2) is 5.20. The molecule has 96 valence electrons. The van der Waals surface area contributed by atoms with Gasteiger partial charge in [-0.1, -0.05) is 42.5 Å². The Morgan fingerprint density at radius 2 is 1.95 bits per heavy atom. The van der Waals surface area contributed by atoms with Crippen molar-refractivity contribution in [1.29, 1.82) is 0 Å². The van der Waals surface area contributed by atoms with Crippen molar-refractivity contribution >= 4 is 10.8 Å². The van der Waals surface area contributed by atoms with Crippen molar-refractivity contribution in [2.75, 3.05) is 6.54 Å². The van der Waals surface area contributed by atoms with E-state index in [1.807, 2.05) is 16.8 Å². The van der Waals surface area contributed by atoms with Gasteiger partial charge < -0.3 is 5.32 Å². The Balaban J connectivity index is 2.01. The average molecular weight is 252 g/mol. The van der Waals surface area contributed by atoms with Crippen molar-refractivity contribution in [3.05, 3.63) is 54.4 Å². The lowest BCUT2D eigenvalue weighted by molar-refractivity contribution is 0.673. The van der Waals surface area contributed by atoms with Gasteiger partial charge >= 0.3 is 0 Å². The first-order chi connectivity index (χ1) is 9.38. The zero-order valence-corrected chi connectivity index (χ0v) is 10.9. The van der Waals surface area contributed by atoms with Crippen LogP contribution in [0.1, 0.15) is 12.6 Å². The predicted molar refractivity (Wildman–Crippen MR) is 76.2 cm³/mol. The molecule has 19 heavy (non-hydrogen) atoms. The number of nitrogens with one attached hydrogen (secondary N) is 1. The quantitative estimate of drug-likeness (QED) is 0.776. The van der Waals surface area contributed by atoms with Crippen LogP contribution in [-0.2, 0) is 6.54 Å². The fourth-order valence-corrected chi connectivity index (χ4v) is 2.16. The molecule has 0 amide bonds. The maximum atomic E-state index is 4.17. The molecule has 1 heterocycles. The van der Waals surface area contributed by atoms with E-state index >= 15 is 0 Å². The zero-order valence-electron chi connectivity index (χ0n) is 10.9. The second-order valence-electron chi connectivity index (χ2n) is 4.45. The molecule has 0 saturated carbocycles. The highest BCUT2D eigenvalue weighted by atomic mass is 15.4. The molecule has 4 nitrogen and oxygen atoms in total. The summed E-state index contributed by atoms with van der Waals surface area (Å²) in [5, 5.41) is 13.9. The van der Waals surface area contributed by atoms with Crippen LogP contribution >= 0.6 is 0 Å². The van der Waals surface area contributed by atoms with Crippen molar-refractivity contribution < 1.29 is 0 Å². The number of fused-ring (bicyclic) bond motifs is 1. The molecule has 1 aromatic heterocycles. The van der Waals surface area contributed by atoms with Crippen LogP contribution in [-0.4, -0.2) is 21.5 Å². The topological polar surface area (TPSA) is 42.7 Å². The van der Waals surface area contributed by atoms with Crippen molar-refractivity contribution in [3.8, 4) is 5.69 Å². The minimum Gasteiger partial charge on any atom is -0.311 e. The van der Waals surface area contributed by atoms with Crippen molar-refractivity contribution in [2.45, 2.75) is 13.5 Å². The molecule has 0 atom stereocenters. The summed E-state index contributed by atoms with van der Waals surface area (Å²) in [7, 11) is 0. The lowest BCUT2D eigenvalue weighted by Gasteiger charge is -2.07. The summed E-state index contributed by atoms with van der Waals surface area (Å²) in [4.78, 5) is 0. The summed E-state index contributed by atoms with van der Waals surface area (Å²) in [5.41, 5.74) is 2.11. The molecule has 0 aliphatic rings. The van der Waals surface area contributed by atoms with Gasteiger partial charge in [-0.15, -0.1) is 5.10 Å². The Morgan fingerprint density at radius 3 is 2.79 bits per heavy atom. The summed E-state index contributed by atoms with van der Waals surface area (Å²) in [6.07, 6.45) is 1.80. The van der Waals surface area contributed by atoms with Crippen LogP contribution in [0.15, 0.2) is 48.7 Å². The molecule has 0 bridgehead atoms. The van der Waals surface area contributed by atoms with Gasteiger partial charge in [-0.2, -0.15) is 0 Å². The molecule has 0 spiro atoms. The van der Waals surface area contributed by atoms with E-state index in [4.69, 9.17) is 0 Å². The largest absolute Gasteiger partial charge is 0.311 e. The third-order valence-electron chi connectivity index (χ3n) is 3.15. The minimum atomic E-state index is 0.774. The van der Waals surface area contributed by atoms with E-state index in [2.05, 4.69) is 52.9 Å².